The van der Waals surface area contributed by atoms with Crippen LogP contribution >= 0.6 is 11.8 Å². The molecule has 0 aliphatic carbocycles. The highest BCUT2D eigenvalue weighted by molar-refractivity contribution is 8.00. The maximum absolute atomic E-state index is 11.5. The van der Waals surface area contributed by atoms with Crippen LogP contribution in [0.4, 0.5) is 0 Å². The summed E-state index contributed by atoms with van der Waals surface area (Å²) in [7, 11) is 0. The third kappa shape index (κ3) is 3.07. The van der Waals surface area contributed by atoms with Crippen molar-refractivity contribution in [1.82, 2.24) is 4.90 Å². The topological polar surface area (TPSA) is 20.3 Å². The van der Waals surface area contributed by atoms with E-state index in [9.17, 15) is 4.79 Å². The summed E-state index contributed by atoms with van der Waals surface area (Å²) >= 11 is 1.96. The van der Waals surface area contributed by atoms with Crippen molar-refractivity contribution in [3.8, 4) is 0 Å². The van der Waals surface area contributed by atoms with Crippen molar-refractivity contribution in [2.75, 3.05) is 13.1 Å². The van der Waals surface area contributed by atoms with Crippen LogP contribution in [0.25, 0.3) is 0 Å². The largest absolute Gasteiger partial charge is 0.337 e. The van der Waals surface area contributed by atoms with Gasteiger partial charge in [-0.25, -0.2) is 0 Å². The molecule has 74 valence electrons. The lowest BCUT2D eigenvalue weighted by Crippen LogP contribution is -2.43. The monoisotopic (exact) mass is 199 g/mol. The Morgan fingerprint density at radius 1 is 1.38 bits per heavy atom. The molecule has 1 aliphatic heterocycles. The van der Waals surface area contributed by atoms with Crippen LogP contribution in [-0.4, -0.2) is 34.4 Å². The van der Waals surface area contributed by atoms with Crippen LogP contribution < -0.4 is 0 Å². The number of nitrogens with zero attached hydrogens (tertiary/aromatic N) is 1. The summed E-state index contributed by atoms with van der Waals surface area (Å²) in [4.78, 5) is 13.5. The molecule has 2 atom stereocenters. The molecule has 3 heteroatoms. The molecule has 0 radical (unpaired) electrons. The third-order valence-corrected chi connectivity index (χ3v) is 3.27. The molecule has 2 unspecified atom stereocenters. The van der Waals surface area contributed by atoms with E-state index in [-0.39, 0.29) is 5.91 Å². The van der Waals surface area contributed by atoms with Crippen LogP contribution in [0.15, 0.2) is 12.2 Å². The van der Waals surface area contributed by atoms with Gasteiger partial charge < -0.3 is 4.90 Å². The van der Waals surface area contributed by atoms with Crippen LogP contribution in [0, 0.1) is 0 Å². The molecule has 0 aromatic heterocycles. The van der Waals surface area contributed by atoms with Gasteiger partial charge in [-0.05, 0) is 13.0 Å². The minimum atomic E-state index is 0.154. The molecule has 1 rings (SSSR count). The first-order chi connectivity index (χ1) is 6.13. The Balaban J connectivity index is 2.54. The zero-order valence-corrected chi connectivity index (χ0v) is 9.30. The first-order valence-corrected chi connectivity index (χ1v) is 5.64. The molecule has 1 saturated heterocycles. The van der Waals surface area contributed by atoms with Crippen molar-refractivity contribution in [1.29, 1.82) is 0 Å². The van der Waals surface area contributed by atoms with E-state index in [4.69, 9.17) is 0 Å². The highest BCUT2D eigenvalue weighted by atomic mass is 32.2. The van der Waals surface area contributed by atoms with E-state index in [2.05, 4.69) is 13.8 Å². The van der Waals surface area contributed by atoms with Gasteiger partial charge in [0.05, 0.1) is 0 Å². The Bertz CT molecular complexity index is 205. The second-order valence-corrected chi connectivity index (χ2v) is 5.38. The molecule has 0 saturated carbocycles. The number of allylic oxidation sites excluding steroid dienone is 1. The summed E-state index contributed by atoms with van der Waals surface area (Å²) in [5.41, 5.74) is 0. The molecule has 0 spiro atoms. The molecule has 13 heavy (non-hydrogen) atoms. The minimum absolute atomic E-state index is 0.154. The number of carbonyl (C=O) groups excluding carboxylic acids is 1. The summed E-state index contributed by atoms with van der Waals surface area (Å²) in [6.07, 6.45) is 3.45. The number of hydrogen-bond acceptors (Lipinski definition) is 2. The summed E-state index contributed by atoms with van der Waals surface area (Å²) < 4.78 is 0. The van der Waals surface area contributed by atoms with Gasteiger partial charge in [-0.15, -0.1) is 0 Å². The van der Waals surface area contributed by atoms with Crippen molar-refractivity contribution in [2.24, 2.45) is 0 Å². The molecule has 1 fully saturated rings. The lowest BCUT2D eigenvalue weighted by Gasteiger charge is -2.33. The zero-order valence-electron chi connectivity index (χ0n) is 8.49. The van der Waals surface area contributed by atoms with Gasteiger partial charge in [0, 0.05) is 23.6 Å². The van der Waals surface area contributed by atoms with Gasteiger partial charge >= 0.3 is 0 Å². The van der Waals surface area contributed by atoms with Gasteiger partial charge in [0.1, 0.15) is 0 Å². The molecule has 1 amide bonds. The summed E-state index contributed by atoms with van der Waals surface area (Å²) in [5, 5.41) is 1.14. The van der Waals surface area contributed by atoms with Crippen LogP contribution in [0.1, 0.15) is 20.8 Å². The predicted molar refractivity (Wildman–Crippen MR) is 57.9 cm³/mol. The van der Waals surface area contributed by atoms with Gasteiger partial charge in [0.15, 0.2) is 0 Å². The molecule has 2 nitrogen and oxygen atoms in total. The smallest absolute Gasteiger partial charge is 0.246 e. The predicted octanol–water partition coefficient (Wildman–Crippen LogP) is 1.91. The van der Waals surface area contributed by atoms with Crippen LogP contribution in [-0.2, 0) is 4.79 Å². The average molecular weight is 199 g/mol. The molecule has 1 heterocycles. The van der Waals surface area contributed by atoms with Crippen LogP contribution in [0.3, 0.4) is 0 Å². The lowest BCUT2D eigenvalue weighted by molar-refractivity contribution is -0.126. The molecule has 0 aromatic rings. The first-order valence-electron chi connectivity index (χ1n) is 4.70. The van der Waals surface area contributed by atoms with E-state index < -0.39 is 0 Å². The van der Waals surface area contributed by atoms with E-state index >= 15 is 0 Å². The number of thioether (sulfide) groups is 1. The van der Waals surface area contributed by atoms with Crippen molar-refractivity contribution in [3.63, 3.8) is 0 Å². The lowest BCUT2D eigenvalue weighted by atomic mass is 10.3. The fourth-order valence-electron chi connectivity index (χ4n) is 1.61. The molecule has 1 aliphatic rings. The van der Waals surface area contributed by atoms with E-state index in [1.165, 1.54) is 0 Å². The normalized spacial score (nSPS) is 29.6. The van der Waals surface area contributed by atoms with E-state index in [1.807, 2.05) is 23.6 Å². The SMILES string of the molecule is CC=CC(=O)N1CC(C)SC(C)C1. The Labute approximate surface area is 84.4 Å². The van der Waals surface area contributed by atoms with Gasteiger partial charge in [0.25, 0.3) is 0 Å². The van der Waals surface area contributed by atoms with E-state index in [0.717, 1.165) is 13.1 Å². The first kappa shape index (κ1) is 10.6. The number of rotatable bonds is 1. The maximum atomic E-state index is 11.5. The second-order valence-electron chi connectivity index (χ2n) is 3.50. The average Bonchev–Trinajstić information content (AvgIpc) is 2.03. The fraction of sp³-hybridized carbons (Fsp3) is 0.700. The van der Waals surface area contributed by atoms with Crippen molar-refractivity contribution in [3.05, 3.63) is 12.2 Å². The Morgan fingerprint density at radius 3 is 2.38 bits per heavy atom. The number of hydrogen-bond donors (Lipinski definition) is 0. The van der Waals surface area contributed by atoms with Gasteiger partial charge in [0.2, 0.25) is 5.91 Å². The van der Waals surface area contributed by atoms with Crippen LogP contribution in [0.2, 0.25) is 0 Å². The van der Waals surface area contributed by atoms with Gasteiger partial charge in [-0.3, -0.25) is 4.79 Å². The Hall–Kier alpha value is -0.440. The Kier molecular flexibility index (Phi) is 3.85. The zero-order chi connectivity index (χ0) is 9.84. The highest BCUT2D eigenvalue weighted by Gasteiger charge is 2.24. The van der Waals surface area contributed by atoms with Crippen molar-refractivity contribution in [2.45, 2.75) is 31.3 Å². The van der Waals surface area contributed by atoms with Crippen molar-refractivity contribution < 1.29 is 4.79 Å². The molecular formula is C10H17NOS. The third-order valence-electron chi connectivity index (χ3n) is 2.04. The van der Waals surface area contributed by atoms with Gasteiger partial charge in [-0.1, -0.05) is 19.9 Å². The van der Waals surface area contributed by atoms with Crippen molar-refractivity contribution >= 4 is 17.7 Å². The highest BCUT2D eigenvalue weighted by Crippen LogP contribution is 2.24. The standard InChI is InChI=1S/C10H17NOS/c1-4-5-10(12)11-6-8(2)13-9(3)7-11/h4-5,8-9H,6-7H2,1-3H3. The molecular weight excluding hydrogens is 182 g/mol. The Morgan fingerprint density at radius 2 is 1.92 bits per heavy atom. The number of carbonyl (C=O) groups is 1. The second kappa shape index (κ2) is 4.70. The number of amides is 1. The fourth-order valence-corrected chi connectivity index (χ4v) is 2.93. The summed E-state index contributed by atoms with van der Waals surface area (Å²) in [5.74, 6) is 0.154. The maximum Gasteiger partial charge on any atom is 0.246 e. The van der Waals surface area contributed by atoms with E-state index in [1.54, 1.807) is 12.2 Å². The molecule has 0 bridgehead atoms. The quantitative estimate of drug-likeness (QED) is 0.601. The summed E-state index contributed by atoms with van der Waals surface area (Å²) in [6.45, 7) is 8.01. The molecule has 0 aromatic carbocycles. The van der Waals surface area contributed by atoms with Gasteiger partial charge in [-0.2, -0.15) is 11.8 Å². The van der Waals surface area contributed by atoms with E-state index in [0.29, 0.717) is 10.5 Å². The summed E-state index contributed by atoms with van der Waals surface area (Å²) in [6, 6.07) is 0. The van der Waals surface area contributed by atoms with Crippen LogP contribution in [0.5, 0.6) is 0 Å². The minimum Gasteiger partial charge on any atom is -0.337 e. The molecule has 0 N–H and O–H groups in total.